The van der Waals surface area contributed by atoms with Gasteiger partial charge in [0.1, 0.15) is 0 Å². The maximum absolute atomic E-state index is 9.40. The zero-order valence-corrected chi connectivity index (χ0v) is 13.2. The molecule has 1 aliphatic rings. The van der Waals surface area contributed by atoms with Crippen molar-refractivity contribution >= 4 is 11.3 Å². The molecule has 112 valence electrons. The fraction of sp³-hybridized carbons (Fsp3) is 0.444. The van der Waals surface area contributed by atoms with Gasteiger partial charge in [-0.25, -0.2) is 0 Å². The number of aliphatic hydroxyl groups excluding tert-OH is 1. The molecule has 3 heteroatoms. The van der Waals surface area contributed by atoms with Crippen molar-refractivity contribution in [3.8, 4) is 0 Å². The van der Waals surface area contributed by atoms with Crippen LogP contribution in [-0.2, 0) is 13.0 Å². The minimum atomic E-state index is 0.196. The van der Waals surface area contributed by atoms with Crippen LogP contribution >= 0.6 is 11.3 Å². The molecule has 1 saturated heterocycles. The normalized spacial score (nSPS) is 17.2. The predicted molar refractivity (Wildman–Crippen MR) is 88.8 cm³/mol. The van der Waals surface area contributed by atoms with Crippen molar-refractivity contribution < 1.29 is 5.11 Å². The van der Waals surface area contributed by atoms with Gasteiger partial charge in [0, 0.05) is 11.4 Å². The van der Waals surface area contributed by atoms with E-state index in [2.05, 4.69) is 46.7 Å². The molecule has 1 aromatic heterocycles. The van der Waals surface area contributed by atoms with Gasteiger partial charge in [0.05, 0.1) is 6.61 Å². The molecule has 2 heterocycles. The van der Waals surface area contributed by atoms with Crippen LogP contribution in [0.2, 0.25) is 0 Å². The Bertz CT molecular complexity index is 543. The van der Waals surface area contributed by atoms with E-state index in [-0.39, 0.29) is 6.61 Å². The first kappa shape index (κ1) is 14.8. The van der Waals surface area contributed by atoms with Crippen molar-refractivity contribution in [1.82, 2.24) is 4.90 Å². The van der Waals surface area contributed by atoms with Gasteiger partial charge in [-0.1, -0.05) is 30.3 Å². The Balaban J connectivity index is 1.49. The number of hydrogen-bond acceptors (Lipinski definition) is 3. The molecule has 0 aliphatic carbocycles. The monoisotopic (exact) mass is 301 g/mol. The third-order valence-corrected chi connectivity index (χ3v) is 5.43. The Hall–Kier alpha value is -1.16. The Morgan fingerprint density at radius 1 is 1.10 bits per heavy atom. The number of thiophene rings is 1. The summed E-state index contributed by atoms with van der Waals surface area (Å²) in [6.07, 6.45) is 3.59. The molecule has 21 heavy (non-hydrogen) atoms. The third kappa shape index (κ3) is 3.73. The average Bonchev–Trinajstić information content (AvgIpc) is 3.03. The van der Waals surface area contributed by atoms with Gasteiger partial charge in [0.25, 0.3) is 0 Å². The summed E-state index contributed by atoms with van der Waals surface area (Å²) < 4.78 is 0. The fourth-order valence-corrected chi connectivity index (χ4v) is 4.07. The number of piperidine rings is 1. The summed E-state index contributed by atoms with van der Waals surface area (Å²) >= 11 is 1.69. The Morgan fingerprint density at radius 3 is 2.57 bits per heavy atom. The van der Waals surface area contributed by atoms with Gasteiger partial charge in [-0.05, 0) is 60.8 Å². The second-order valence-corrected chi connectivity index (χ2v) is 6.81. The van der Waals surface area contributed by atoms with Gasteiger partial charge < -0.3 is 10.0 Å². The molecule has 1 aromatic carbocycles. The van der Waals surface area contributed by atoms with Crippen molar-refractivity contribution in [3.63, 3.8) is 0 Å². The Labute approximate surface area is 131 Å². The van der Waals surface area contributed by atoms with Crippen LogP contribution in [0.15, 0.2) is 41.8 Å². The summed E-state index contributed by atoms with van der Waals surface area (Å²) in [7, 11) is 0. The zero-order chi connectivity index (χ0) is 14.5. The highest BCUT2D eigenvalue weighted by molar-refractivity contribution is 7.10. The van der Waals surface area contributed by atoms with Gasteiger partial charge in [0.15, 0.2) is 0 Å². The molecule has 0 bridgehead atoms. The molecule has 0 spiro atoms. The molecule has 0 amide bonds. The van der Waals surface area contributed by atoms with E-state index in [0.29, 0.717) is 5.92 Å². The van der Waals surface area contributed by atoms with Gasteiger partial charge in [-0.2, -0.15) is 0 Å². The first-order valence-electron chi connectivity index (χ1n) is 7.80. The lowest BCUT2D eigenvalue weighted by Gasteiger charge is -2.32. The topological polar surface area (TPSA) is 23.5 Å². The lowest BCUT2D eigenvalue weighted by molar-refractivity contribution is 0.213. The lowest BCUT2D eigenvalue weighted by atomic mass is 9.89. The van der Waals surface area contributed by atoms with Gasteiger partial charge >= 0.3 is 0 Å². The summed E-state index contributed by atoms with van der Waals surface area (Å²) in [5.41, 5.74) is 2.82. The second-order valence-electron chi connectivity index (χ2n) is 5.81. The van der Waals surface area contributed by atoms with Gasteiger partial charge in [-0.3, -0.25) is 0 Å². The minimum Gasteiger partial charge on any atom is -0.391 e. The zero-order valence-electron chi connectivity index (χ0n) is 12.4. The van der Waals surface area contributed by atoms with Crippen LogP contribution in [0, 0.1) is 0 Å². The standard InChI is InChI=1S/C18H23NOS/c20-14-18-17(9-13-21-18)16-7-11-19(12-8-16)10-6-15-4-2-1-3-5-15/h1-5,9,13,16,20H,6-8,10-12,14H2. The van der Waals surface area contributed by atoms with E-state index in [1.807, 2.05) is 0 Å². The molecule has 0 atom stereocenters. The average molecular weight is 301 g/mol. The highest BCUT2D eigenvalue weighted by Crippen LogP contribution is 2.33. The van der Waals surface area contributed by atoms with Crippen molar-refractivity contribution in [1.29, 1.82) is 0 Å². The Kier molecular flexibility index (Phi) is 5.07. The molecule has 1 aliphatic heterocycles. The largest absolute Gasteiger partial charge is 0.391 e. The maximum atomic E-state index is 9.40. The molecular formula is C18H23NOS. The van der Waals surface area contributed by atoms with E-state index in [9.17, 15) is 5.11 Å². The summed E-state index contributed by atoms with van der Waals surface area (Å²) in [5.74, 6) is 0.645. The lowest BCUT2D eigenvalue weighted by Crippen LogP contribution is -2.34. The van der Waals surface area contributed by atoms with Crippen molar-refractivity contribution in [2.75, 3.05) is 19.6 Å². The molecule has 0 saturated carbocycles. The molecule has 0 unspecified atom stereocenters. The van der Waals surface area contributed by atoms with E-state index >= 15 is 0 Å². The highest BCUT2D eigenvalue weighted by atomic mass is 32.1. The number of benzene rings is 1. The van der Waals surface area contributed by atoms with Crippen LogP contribution in [0.1, 0.15) is 34.8 Å². The highest BCUT2D eigenvalue weighted by Gasteiger charge is 2.22. The van der Waals surface area contributed by atoms with Crippen LogP contribution < -0.4 is 0 Å². The fourth-order valence-electron chi connectivity index (χ4n) is 3.24. The summed E-state index contributed by atoms with van der Waals surface area (Å²) in [6.45, 7) is 3.71. The van der Waals surface area contributed by atoms with E-state index in [4.69, 9.17) is 0 Å². The third-order valence-electron chi connectivity index (χ3n) is 4.51. The minimum absolute atomic E-state index is 0.196. The van der Waals surface area contributed by atoms with E-state index in [1.54, 1.807) is 11.3 Å². The molecular weight excluding hydrogens is 278 g/mol. The van der Waals surface area contributed by atoms with Crippen LogP contribution in [0.3, 0.4) is 0 Å². The molecule has 3 rings (SSSR count). The van der Waals surface area contributed by atoms with Gasteiger partial charge in [-0.15, -0.1) is 11.3 Å². The number of likely N-dealkylation sites (tertiary alicyclic amines) is 1. The predicted octanol–water partition coefficient (Wildman–Crippen LogP) is 3.66. The van der Waals surface area contributed by atoms with E-state index in [0.717, 1.165) is 17.8 Å². The van der Waals surface area contributed by atoms with Crippen LogP contribution in [-0.4, -0.2) is 29.6 Å². The molecule has 2 aromatic rings. The first-order valence-corrected chi connectivity index (χ1v) is 8.68. The smallest absolute Gasteiger partial charge is 0.0777 e. The molecule has 0 radical (unpaired) electrons. The van der Waals surface area contributed by atoms with Crippen molar-refractivity contribution in [3.05, 3.63) is 57.8 Å². The van der Waals surface area contributed by atoms with Crippen LogP contribution in [0.4, 0.5) is 0 Å². The number of hydrogen-bond donors (Lipinski definition) is 1. The molecule has 1 fully saturated rings. The first-order chi connectivity index (χ1) is 10.4. The molecule has 1 N–H and O–H groups in total. The SMILES string of the molecule is OCc1sccc1C1CCN(CCc2ccccc2)CC1. The second kappa shape index (κ2) is 7.21. The number of aliphatic hydroxyl groups is 1. The summed E-state index contributed by atoms with van der Waals surface area (Å²) in [4.78, 5) is 3.74. The number of nitrogens with zero attached hydrogens (tertiary/aromatic N) is 1. The van der Waals surface area contributed by atoms with Crippen LogP contribution in [0.25, 0.3) is 0 Å². The molecule has 2 nitrogen and oxygen atoms in total. The van der Waals surface area contributed by atoms with Crippen molar-refractivity contribution in [2.24, 2.45) is 0 Å². The summed E-state index contributed by atoms with van der Waals surface area (Å²) in [5, 5.41) is 11.5. The quantitative estimate of drug-likeness (QED) is 0.911. The van der Waals surface area contributed by atoms with Crippen LogP contribution in [0.5, 0.6) is 0 Å². The van der Waals surface area contributed by atoms with Gasteiger partial charge in [0.2, 0.25) is 0 Å². The maximum Gasteiger partial charge on any atom is 0.0777 e. The Morgan fingerprint density at radius 2 is 1.86 bits per heavy atom. The van der Waals surface area contributed by atoms with E-state index in [1.165, 1.54) is 37.1 Å². The van der Waals surface area contributed by atoms with Crippen molar-refractivity contribution in [2.45, 2.75) is 31.8 Å². The summed E-state index contributed by atoms with van der Waals surface area (Å²) in [6, 6.07) is 13.0. The number of rotatable bonds is 5. The van der Waals surface area contributed by atoms with E-state index < -0.39 is 0 Å².